The van der Waals surface area contributed by atoms with Crippen molar-refractivity contribution < 1.29 is 14.7 Å². The number of carboxylic acids is 1. The van der Waals surface area contributed by atoms with Crippen molar-refractivity contribution in [2.75, 3.05) is 36.4 Å². The van der Waals surface area contributed by atoms with E-state index >= 15 is 0 Å². The highest BCUT2D eigenvalue weighted by Crippen LogP contribution is 2.21. The minimum atomic E-state index is -0.931. The van der Waals surface area contributed by atoms with E-state index in [-0.39, 0.29) is 11.5 Å². The fourth-order valence-corrected chi connectivity index (χ4v) is 3.77. The number of hydrogen-bond acceptors (Lipinski definition) is 5. The highest BCUT2D eigenvalue weighted by Gasteiger charge is 2.18. The number of carboxylic acid groups (broad SMARTS) is 1. The van der Waals surface area contributed by atoms with Crippen molar-refractivity contribution in [3.8, 4) is 0 Å². The van der Waals surface area contributed by atoms with Gasteiger partial charge in [0.1, 0.15) is 5.82 Å². The maximum Gasteiger partial charge on any atom is 0.335 e. The van der Waals surface area contributed by atoms with E-state index in [1.54, 1.807) is 18.2 Å². The fraction of sp³-hybridized carbons (Fsp3) is 0.261. The summed E-state index contributed by atoms with van der Waals surface area (Å²) in [5, 5.41) is 12.8. The molecule has 1 saturated heterocycles. The van der Waals surface area contributed by atoms with E-state index in [0.29, 0.717) is 0 Å². The summed E-state index contributed by atoms with van der Waals surface area (Å²) in [6.07, 6.45) is 0. The van der Waals surface area contributed by atoms with Crippen LogP contribution < -0.4 is 10.2 Å². The van der Waals surface area contributed by atoms with Crippen molar-refractivity contribution in [1.29, 1.82) is 0 Å². The third-order valence-corrected chi connectivity index (χ3v) is 5.27. The fourth-order valence-electron chi connectivity index (χ4n) is 3.77. The molecule has 1 amide bonds. The Morgan fingerprint density at radius 2 is 1.83 bits per heavy atom. The SMILES string of the molecule is CC(=O)Nc1cccc(CN2CCN(c3ccc4cc(C(=O)O)ccc4n3)CC2)c1. The lowest BCUT2D eigenvalue weighted by molar-refractivity contribution is -0.114. The summed E-state index contributed by atoms with van der Waals surface area (Å²) in [5.74, 6) is -0.0829. The van der Waals surface area contributed by atoms with Crippen LogP contribution in [0.1, 0.15) is 22.8 Å². The number of aromatic nitrogens is 1. The number of piperazine rings is 1. The Bertz CT molecular complexity index is 1090. The van der Waals surface area contributed by atoms with Crippen molar-refractivity contribution in [2.24, 2.45) is 0 Å². The van der Waals surface area contributed by atoms with Gasteiger partial charge < -0.3 is 15.3 Å². The van der Waals surface area contributed by atoms with Gasteiger partial charge in [-0.25, -0.2) is 9.78 Å². The smallest absolute Gasteiger partial charge is 0.335 e. The Kier molecular flexibility index (Phi) is 5.63. The molecule has 0 radical (unpaired) electrons. The molecule has 30 heavy (non-hydrogen) atoms. The van der Waals surface area contributed by atoms with Gasteiger partial charge in [-0.1, -0.05) is 12.1 Å². The first-order chi connectivity index (χ1) is 14.5. The van der Waals surface area contributed by atoms with Crippen LogP contribution in [0.3, 0.4) is 0 Å². The lowest BCUT2D eigenvalue weighted by Crippen LogP contribution is -2.46. The van der Waals surface area contributed by atoms with Crippen molar-refractivity contribution in [2.45, 2.75) is 13.5 Å². The van der Waals surface area contributed by atoms with Gasteiger partial charge in [-0.05, 0) is 48.0 Å². The second kappa shape index (κ2) is 8.51. The topological polar surface area (TPSA) is 85.8 Å². The van der Waals surface area contributed by atoms with Crippen LogP contribution in [0.2, 0.25) is 0 Å². The molecule has 0 spiro atoms. The number of anilines is 2. The number of carbonyl (C=O) groups excluding carboxylic acids is 1. The summed E-state index contributed by atoms with van der Waals surface area (Å²) in [6, 6.07) is 16.9. The van der Waals surface area contributed by atoms with Crippen LogP contribution in [0.25, 0.3) is 10.9 Å². The average molecular weight is 404 g/mol. The van der Waals surface area contributed by atoms with E-state index in [0.717, 1.165) is 55.1 Å². The van der Waals surface area contributed by atoms with E-state index in [2.05, 4.69) is 21.2 Å². The van der Waals surface area contributed by atoms with E-state index in [1.165, 1.54) is 12.5 Å². The molecule has 1 aliphatic heterocycles. The van der Waals surface area contributed by atoms with Crippen molar-refractivity contribution in [3.05, 3.63) is 65.7 Å². The van der Waals surface area contributed by atoms with Gasteiger partial charge in [0.05, 0.1) is 11.1 Å². The lowest BCUT2D eigenvalue weighted by atomic mass is 10.1. The molecule has 0 bridgehead atoms. The van der Waals surface area contributed by atoms with Crippen molar-refractivity contribution in [1.82, 2.24) is 9.88 Å². The van der Waals surface area contributed by atoms with Crippen LogP contribution >= 0.6 is 0 Å². The van der Waals surface area contributed by atoms with Crippen LogP contribution in [-0.2, 0) is 11.3 Å². The number of nitrogens with zero attached hydrogens (tertiary/aromatic N) is 3. The standard InChI is InChI=1S/C23H24N4O3/c1-16(28)24-20-4-2-3-17(13-20)15-26-9-11-27(12-10-26)22-8-6-18-14-19(23(29)30)5-7-21(18)25-22/h2-8,13-14H,9-12,15H2,1H3,(H,24,28)(H,29,30). The van der Waals surface area contributed by atoms with E-state index in [9.17, 15) is 9.59 Å². The van der Waals surface area contributed by atoms with Crippen LogP contribution in [0.4, 0.5) is 11.5 Å². The average Bonchev–Trinajstić information content (AvgIpc) is 2.73. The van der Waals surface area contributed by atoms with E-state index in [1.807, 2.05) is 30.3 Å². The summed E-state index contributed by atoms with van der Waals surface area (Å²) in [4.78, 5) is 31.8. The number of nitrogens with one attached hydrogen (secondary N) is 1. The monoisotopic (exact) mass is 404 g/mol. The number of rotatable bonds is 5. The molecule has 154 valence electrons. The Balaban J connectivity index is 1.39. The molecular formula is C23H24N4O3. The Morgan fingerprint density at radius 1 is 1.03 bits per heavy atom. The minimum Gasteiger partial charge on any atom is -0.478 e. The quantitative estimate of drug-likeness (QED) is 0.679. The molecule has 2 aromatic carbocycles. The second-order valence-electron chi connectivity index (χ2n) is 7.53. The predicted molar refractivity (Wildman–Crippen MR) is 117 cm³/mol. The molecular weight excluding hydrogens is 380 g/mol. The minimum absolute atomic E-state index is 0.0668. The highest BCUT2D eigenvalue weighted by molar-refractivity contribution is 5.93. The van der Waals surface area contributed by atoms with Crippen LogP contribution in [0.15, 0.2) is 54.6 Å². The number of hydrogen-bond donors (Lipinski definition) is 2. The van der Waals surface area contributed by atoms with Crippen molar-refractivity contribution in [3.63, 3.8) is 0 Å². The predicted octanol–water partition coefficient (Wildman–Crippen LogP) is 3.21. The van der Waals surface area contributed by atoms with Gasteiger partial charge in [0.15, 0.2) is 0 Å². The maximum absolute atomic E-state index is 11.3. The molecule has 0 unspecified atom stereocenters. The highest BCUT2D eigenvalue weighted by atomic mass is 16.4. The molecule has 7 nitrogen and oxygen atoms in total. The number of pyridine rings is 1. The van der Waals surface area contributed by atoms with Gasteiger partial charge in [-0.3, -0.25) is 9.69 Å². The summed E-state index contributed by atoms with van der Waals surface area (Å²) >= 11 is 0. The van der Waals surface area contributed by atoms with Gasteiger partial charge in [0, 0.05) is 50.7 Å². The molecule has 0 saturated carbocycles. The van der Waals surface area contributed by atoms with E-state index < -0.39 is 5.97 Å². The number of fused-ring (bicyclic) bond motifs is 1. The number of benzene rings is 2. The molecule has 4 rings (SSSR count). The lowest BCUT2D eigenvalue weighted by Gasteiger charge is -2.35. The molecule has 2 N–H and O–H groups in total. The third kappa shape index (κ3) is 4.58. The van der Waals surface area contributed by atoms with E-state index in [4.69, 9.17) is 10.1 Å². The number of amides is 1. The van der Waals surface area contributed by atoms with Gasteiger partial charge in [0.25, 0.3) is 0 Å². The van der Waals surface area contributed by atoms with Crippen LogP contribution in [0.5, 0.6) is 0 Å². The van der Waals surface area contributed by atoms with Gasteiger partial charge >= 0.3 is 5.97 Å². The zero-order valence-corrected chi connectivity index (χ0v) is 16.8. The summed E-state index contributed by atoms with van der Waals surface area (Å²) in [7, 11) is 0. The summed E-state index contributed by atoms with van der Waals surface area (Å²) in [6.45, 7) is 5.93. The molecule has 0 aliphatic carbocycles. The Labute approximate surface area is 174 Å². The first-order valence-corrected chi connectivity index (χ1v) is 9.96. The largest absolute Gasteiger partial charge is 0.478 e. The zero-order valence-electron chi connectivity index (χ0n) is 16.8. The normalized spacial score (nSPS) is 14.6. The Morgan fingerprint density at radius 3 is 2.57 bits per heavy atom. The maximum atomic E-state index is 11.3. The van der Waals surface area contributed by atoms with Crippen molar-refractivity contribution >= 4 is 34.3 Å². The molecule has 1 fully saturated rings. The molecule has 0 atom stereocenters. The molecule has 3 aromatic rings. The molecule has 7 heteroatoms. The van der Waals surface area contributed by atoms with Gasteiger partial charge in [-0.2, -0.15) is 0 Å². The molecule has 1 aromatic heterocycles. The number of carbonyl (C=O) groups is 2. The first-order valence-electron chi connectivity index (χ1n) is 9.96. The second-order valence-corrected chi connectivity index (χ2v) is 7.53. The Hall–Kier alpha value is -3.45. The molecule has 1 aliphatic rings. The molecule has 2 heterocycles. The van der Waals surface area contributed by atoms with Gasteiger partial charge in [0.2, 0.25) is 5.91 Å². The number of aromatic carboxylic acids is 1. The van der Waals surface area contributed by atoms with Crippen LogP contribution in [-0.4, -0.2) is 53.0 Å². The summed E-state index contributed by atoms with van der Waals surface area (Å²) in [5.41, 5.74) is 3.07. The third-order valence-electron chi connectivity index (χ3n) is 5.27. The zero-order chi connectivity index (χ0) is 21.1. The van der Waals surface area contributed by atoms with Crippen LogP contribution in [0, 0.1) is 0 Å². The van der Waals surface area contributed by atoms with Gasteiger partial charge in [-0.15, -0.1) is 0 Å². The first kappa shape index (κ1) is 19.8. The summed E-state index contributed by atoms with van der Waals surface area (Å²) < 4.78 is 0.